The standard InChI is InChI=1S/C50H79N5O10/c1-8-9-10-11-12-13-14-15-16-17-18-19-20-21-45(61)54(6)40(32-56)49(64)51-34(3)41(57)26-27-46(62)55(7)47-36-23-25-43(59)38(31-36)37-29-35(22-24-42(37)58)30-39(50(65)53(4)5)52-48(63)33(2)28-44(47)60/h22-23,25,29,33-34,36,39-40,42,47,56,58-59H,8-21,24,26-28,30-32H2,1-7H3,(H,51,64)(H,52,63)/t33-,34-,36+,39+,40-,42?,47+/m1/s1. The molecule has 2 aliphatic carbocycles. The molecule has 15 nitrogen and oxygen atoms in total. The van der Waals surface area contributed by atoms with Crippen LogP contribution >= 0.6 is 0 Å². The molecule has 0 saturated heterocycles. The molecule has 65 heavy (non-hydrogen) atoms. The lowest BCUT2D eigenvalue weighted by atomic mass is 9.78. The van der Waals surface area contributed by atoms with E-state index in [4.69, 9.17) is 0 Å². The van der Waals surface area contributed by atoms with Gasteiger partial charge in [-0.05, 0) is 43.4 Å². The van der Waals surface area contributed by atoms with Crippen LogP contribution in [0, 0.1) is 11.8 Å². The zero-order chi connectivity index (χ0) is 48.2. The van der Waals surface area contributed by atoms with Crippen molar-refractivity contribution in [2.24, 2.45) is 11.8 Å². The van der Waals surface area contributed by atoms with Crippen LogP contribution in [0.25, 0.3) is 0 Å². The number of amides is 5. The van der Waals surface area contributed by atoms with E-state index in [0.29, 0.717) is 23.1 Å². The van der Waals surface area contributed by atoms with Gasteiger partial charge in [-0.15, -0.1) is 0 Å². The number of allylic oxidation sites excluding steroid dienone is 2. The predicted octanol–water partition coefficient (Wildman–Crippen LogP) is 5.55. The molecule has 0 saturated carbocycles. The monoisotopic (exact) mass is 910 g/mol. The van der Waals surface area contributed by atoms with Crippen molar-refractivity contribution in [2.45, 2.75) is 179 Å². The number of ketones is 2. The van der Waals surface area contributed by atoms with Crippen LogP contribution in [-0.4, -0.2) is 136 Å². The highest BCUT2D eigenvalue weighted by Crippen LogP contribution is 2.37. The van der Waals surface area contributed by atoms with Crippen LogP contribution in [0.1, 0.15) is 149 Å². The summed E-state index contributed by atoms with van der Waals surface area (Å²) >= 11 is 0. The second kappa shape index (κ2) is 27.8. The minimum Gasteiger partial charge on any atom is -0.508 e. The maximum atomic E-state index is 14.2. The third kappa shape index (κ3) is 17.0. The lowest BCUT2D eigenvalue weighted by molar-refractivity contribution is -0.142. The number of carbonyl (C=O) groups excluding carboxylic acids is 7. The molecule has 7 atom stereocenters. The van der Waals surface area contributed by atoms with Crippen LogP contribution < -0.4 is 10.6 Å². The molecule has 0 aromatic rings. The Balaban J connectivity index is 1.59. The van der Waals surface area contributed by atoms with Crippen LogP contribution in [0.15, 0.2) is 46.8 Å². The summed E-state index contributed by atoms with van der Waals surface area (Å²) in [7, 11) is 6.05. The van der Waals surface area contributed by atoms with Gasteiger partial charge in [0.15, 0.2) is 11.6 Å². The van der Waals surface area contributed by atoms with Crippen molar-refractivity contribution in [3.05, 3.63) is 46.8 Å². The predicted molar refractivity (Wildman–Crippen MR) is 250 cm³/mol. The van der Waals surface area contributed by atoms with Crippen molar-refractivity contribution in [2.75, 3.05) is 34.8 Å². The van der Waals surface area contributed by atoms with Crippen molar-refractivity contribution < 1.29 is 48.9 Å². The Hall–Kier alpha value is -4.63. The highest BCUT2D eigenvalue weighted by Gasteiger charge is 2.39. The Bertz CT molecular complexity index is 1790. The topological polar surface area (TPSA) is 214 Å². The van der Waals surface area contributed by atoms with E-state index >= 15 is 0 Å². The molecular formula is C50H79N5O10. The SMILES string of the molecule is CCCCCCCCCCCCCCCC(=O)N(C)[C@H](CO)C(=O)N[C@H](C)C(=O)CCC(=O)N(C)[C@@H]1C(=O)C[C@@H](C)C(=O)N[C@H](C(=O)N(C)C)CC2=CCC(O)C(=C2)C2=C(O)C=C[C@H]1C2. The first kappa shape index (κ1) is 54.7. The molecule has 364 valence electrons. The van der Waals surface area contributed by atoms with E-state index in [9.17, 15) is 48.9 Å². The van der Waals surface area contributed by atoms with Gasteiger partial charge in [0.05, 0.1) is 24.8 Å². The molecule has 15 heteroatoms. The fourth-order valence-corrected chi connectivity index (χ4v) is 8.89. The normalized spacial score (nSPS) is 22.1. The molecule has 0 aromatic carbocycles. The molecule has 0 spiro atoms. The van der Waals surface area contributed by atoms with E-state index < -0.39 is 78.0 Å². The lowest BCUT2D eigenvalue weighted by Crippen LogP contribution is -2.53. The Morgan fingerprint density at radius 1 is 0.831 bits per heavy atom. The number of hydrogen-bond donors (Lipinski definition) is 5. The molecule has 3 aliphatic rings. The van der Waals surface area contributed by atoms with Gasteiger partial charge in [-0.3, -0.25) is 33.6 Å². The quantitative estimate of drug-likeness (QED) is 0.0763. The minimum atomic E-state index is -1.20. The van der Waals surface area contributed by atoms with E-state index in [1.807, 2.05) is 0 Å². The number of likely N-dealkylation sites (N-methyl/N-ethyl adjacent to an activating group) is 3. The van der Waals surface area contributed by atoms with Gasteiger partial charge in [-0.1, -0.05) is 109 Å². The number of aliphatic hydroxyl groups is 3. The van der Waals surface area contributed by atoms with Crippen molar-refractivity contribution in [3.63, 3.8) is 0 Å². The first-order valence-corrected chi connectivity index (χ1v) is 24.1. The highest BCUT2D eigenvalue weighted by atomic mass is 16.3. The fraction of sp³-hybridized carbons (Fsp3) is 0.700. The Morgan fingerprint density at radius 3 is 2.02 bits per heavy atom. The summed E-state index contributed by atoms with van der Waals surface area (Å²) in [5.74, 6) is -4.96. The van der Waals surface area contributed by atoms with E-state index in [1.54, 1.807) is 39.2 Å². The van der Waals surface area contributed by atoms with Crippen LogP contribution in [0.3, 0.4) is 0 Å². The molecule has 5 amide bonds. The number of rotatable bonds is 24. The van der Waals surface area contributed by atoms with Crippen molar-refractivity contribution in [1.29, 1.82) is 0 Å². The summed E-state index contributed by atoms with van der Waals surface area (Å²) in [6.07, 6.45) is 20.6. The van der Waals surface area contributed by atoms with E-state index in [-0.39, 0.29) is 62.5 Å². The number of fused-ring (bicyclic) bond motifs is 4. The minimum absolute atomic E-state index is 0.0809. The van der Waals surface area contributed by atoms with E-state index in [1.165, 1.54) is 99.6 Å². The smallest absolute Gasteiger partial charge is 0.245 e. The van der Waals surface area contributed by atoms with Gasteiger partial charge in [-0.25, -0.2) is 0 Å². The van der Waals surface area contributed by atoms with Crippen LogP contribution in [0.5, 0.6) is 0 Å². The maximum Gasteiger partial charge on any atom is 0.245 e. The van der Waals surface area contributed by atoms with Gasteiger partial charge in [0.2, 0.25) is 29.5 Å². The largest absolute Gasteiger partial charge is 0.508 e. The first-order chi connectivity index (χ1) is 30.9. The molecule has 0 aromatic heterocycles. The fourth-order valence-electron chi connectivity index (χ4n) is 8.89. The number of hydrogen-bond acceptors (Lipinski definition) is 10. The highest BCUT2D eigenvalue weighted by molar-refractivity contribution is 5.96. The Morgan fingerprint density at radius 2 is 1.43 bits per heavy atom. The number of Topliss-reactive ketones (excluding diaryl/α,β-unsaturated/α-hetero) is 2. The molecule has 0 radical (unpaired) electrons. The van der Waals surface area contributed by atoms with E-state index in [2.05, 4.69) is 17.6 Å². The number of carbonyl (C=O) groups is 7. The summed E-state index contributed by atoms with van der Waals surface area (Å²) in [5.41, 5.74) is 1.49. The maximum absolute atomic E-state index is 14.2. The van der Waals surface area contributed by atoms with Crippen molar-refractivity contribution in [1.82, 2.24) is 25.3 Å². The molecule has 1 heterocycles. The summed E-state index contributed by atoms with van der Waals surface area (Å²) < 4.78 is 0. The number of aliphatic hydroxyl groups excluding tert-OH is 3. The number of nitrogens with one attached hydrogen (secondary N) is 2. The average molecular weight is 910 g/mol. The third-order valence-corrected chi connectivity index (χ3v) is 13.2. The molecule has 0 fully saturated rings. The summed E-state index contributed by atoms with van der Waals surface area (Å²) in [6, 6.07) is -4.34. The van der Waals surface area contributed by atoms with Gasteiger partial charge in [0.25, 0.3) is 0 Å². The van der Waals surface area contributed by atoms with Gasteiger partial charge in [-0.2, -0.15) is 0 Å². The summed E-state index contributed by atoms with van der Waals surface area (Å²) in [6.45, 7) is 4.62. The van der Waals surface area contributed by atoms with Gasteiger partial charge < -0.3 is 40.7 Å². The number of unbranched alkanes of at least 4 members (excludes halogenated alkanes) is 12. The lowest BCUT2D eigenvalue weighted by Gasteiger charge is -2.36. The van der Waals surface area contributed by atoms with Gasteiger partial charge >= 0.3 is 0 Å². The molecule has 5 N–H and O–H groups in total. The van der Waals surface area contributed by atoms with E-state index in [0.717, 1.165) is 19.3 Å². The zero-order valence-electron chi connectivity index (χ0n) is 40.2. The van der Waals surface area contributed by atoms with Crippen molar-refractivity contribution >= 4 is 41.1 Å². The van der Waals surface area contributed by atoms with Crippen LogP contribution in [0.2, 0.25) is 0 Å². The molecule has 3 rings (SSSR count). The van der Waals surface area contributed by atoms with Crippen LogP contribution in [0.4, 0.5) is 0 Å². The molecule has 4 bridgehead atoms. The zero-order valence-corrected chi connectivity index (χ0v) is 40.2. The van der Waals surface area contributed by atoms with Crippen molar-refractivity contribution in [3.8, 4) is 0 Å². The molecule has 1 aliphatic heterocycles. The summed E-state index contributed by atoms with van der Waals surface area (Å²) in [5, 5.41) is 37.6. The van der Waals surface area contributed by atoms with Gasteiger partial charge in [0, 0.05) is 77.7 Å². The third-order valence-electron chi connectivity index (χ3n) is 13.2. The van der Waals surface area contributed by atoms with Crippen LogP contribution in [-0.2, 0) is 33.6 Å². The summed E-state index contributed by atoms with van der Waals surface area (Å²) in [4.78, 5) is 98.1. The molecular weight excluding hydrogens is 831 g/mol. The second-order valence-corrected chi connectivity index (χ2v) is 18.6. The Kier molecular flexibility index (Phi) is 23.4. The average Bonchev–Trinajstić information content (AvgIpc) is 3.27. The Labute approximate surface area is 387 Å². The number of nitrogens with zero attached hydrogens (tertiary/aromatic N) is 3. The first-order valence-electron chi connectivity index (χ1n) is 24.1. The van der Waals surface area contributed by atoms with Gasteiger partial charge in [0.1, 0.15) is 17.8 Å². The second-order valence-electron chi connectivity index (χ2n) is 18.6. The molecule has 1 unspecified atom stereocenters.